The Labute approximate surface area is 162 Å². The van der Waals surface area contributed by atoms with Gasteiger partial charge in [0, 0.05) is 23.1 Å². The van der Waals surface area contributed by atoms with Gasteiger partial charge in [0.05, 0.1) is 15.6 Å². The van der Waals surface area contributed by atoms with E-state index in [1.165, 1.54) is 18.2 Å². The van der Waals surface area contributed by atoms with Gasteiger partial charge in [0.2, 0.25) is 5.89 Å². The molecule has 8 heteroatoms. The topological polar surface area (TPSA) is 89.3 Å². The summed E-state index contributed by atoms with van der Waals surface area (Å²) in [7, 11) is -3.54. The van der Waals surface area contributed by atoms with E-state index in [4.69, 9.17) is 16.0 Å². The fraction of sp³-hybridized carbons (Fsp3) is 0.158. The quantitative estimate of drug-likeness (QED) is 0.701. The van der Waals surface area contributed by atoms with E-state index < -0.39 is 15.7 Å². The highest BCUT2D eigenvalue weighted by atomic mass is 35.5. The molecular weight excluding hydrogens is 388 g/mol. The van der Waals surface area contributed by atoms with Gasteiger partial charge in [-0.3, -0.25) is 4.79 Å². The molecule has 0 aliphatic heterocycles. The predicted octanol–water partition coefficient (Wildman–Crippen LogP) is 4.27. The SMILES string of the molecule is Cc1nc(-c2cccc(NC(=O)c3ccc(Cl)c(S(C)(=O)=O)c3)c2)oc1C. The van der Waals surface area contributed by atoms with Crippen molar-refractivity contribution in [3.05, 3.63) is 64.5 Å². The average molecular weight is 405 g/mol. The fourth-order valence-corrected chi connectivity index (χ4v) is 3.76. The first-order chi connectivity index (χ1) is 12.6. The number of amides is 1. The summed E-state index contributed by atoms with van der Waals surface area (Å²) in [4.78, 5) is 16.8. The van der Waals surface area contributed by atoms with E-state index in [2.05, 4.69) is 10.3 Å². The molecule has 0 fully saturated rings. The first-order valence-corrected chi connectivity index (χ1v) is 10.3. The van der Waals surface area contributed by atoms with E-state index >= 15 is 0 Å². The number of benzene rings is 2. The lowest BCUT2D eigenvalue weighted by molar-refractivity contribution is 0.102. The standard InChI is InChI=1S/C19H17ClN2O4S/c1-11-12(2)26-19(21-11)14-5-4-6-15(9-14)22-18(23)13-7-8-16(20)17(10-13)27(3,24)25/h4-10H,1-3H3,(H,22,23). The van der Waals surface area contributed by atoms with Crippen molar-refractivity contribution >= 4 is 33.0 Å². The van der Waals surface area contributed by atoms with Gasteiger partial charge < -0.3 is 9.73 Å². The molecule has 1 heterocycles. The number of aromatic nitrogens is 1. The van der Waals surface area contributed by atoms with Gasteiger partial charge >= 0.3 is 0 Å². The first-order valence-electron chi connectivity index (χ1n) is 8.00. The second kappa shape index (κ2) is 7.17. The Kier molecular flexibility index (Phi) is 5.08. The minimum atomic E-state index is -3.54. The van der Waals surface area contributed by atoms with Crippen LogP contribution in [-0.2, 0) is 9.84 Å². The summed E-state index contributed by atoms with van der Waals surface area (Å²) >= 11 is 5.92. The molecule has 27 heavy (non-hydrogen) atoms. The number of nitrogens with one attached hydrogen (secondary N) is 1. The third kappa shape index (κ3) is 4.20. The van der Waals surface area contributed by atoms with Crippen molar-refractivity contribution < 1.29 is 17.6 Å². The predicted molar refractivity (Wildman–Crippen MR) is 104 cm³/mol. The molecule has 1 amide bonds. The number of anilines is 1. The molecule has 0 bridgehead atoms. The molecule has 1 aromatic heterocycles. The van der Waals surface area contributed by atoms with Crippen molar-refractivity contribution in [2.75, 3.05) is 11.6 Å². The molecule has 0 spiro atoms. The Bertz CT molecular complexity index is 1120. The van der Waals surface area contributed by atoms with E-state index in [9.17, 15) is 13.2 Å². The maximum atomic E-state index is 12.5. The fourth-order valence-electron chi connectivity index (χ4n) is 2.46. The Hall–Kier alpha value is -2.64. The van der Waals surface area contributed by atoms with Crippen LogP contribution in [0.15, 0.2) is 51.8 Å². The van der Waals surface area contributed by atoms with Crippen molar-refractivity contribution in [3.8, 4) is 11.5 Å². The van der Waals surface area contributed by atoms with Crippen LogP contribution in [0, 0.1) is 13.8 Å². The first kappa shape index (κ1) is 19.1. The summed E-state index contributed by atoms with van der Waals surface area (Å²) in [6, 6.07) is 11.2. The summed E-state index contributed by atoms with van der Waals surface area (Å²) in [5.74, 6) is 0.745. The average Bonchev–Trinajstić information content (AvgIpc) is 2.93. The number of aryl methyl sites for hydroxylation is 2. The summed E-state index contributed by atoms with van der Waals surface area (Å²) in [5.41, 5.74) is 2.24. The van der Waals surface area contributed by atoms with Gasteiger partial charge in [-0.1, -0.05) is 17.7 Å². The second-order valence-electron chi connectivity index (χ2n) is 6.11. The number of nitrogens with zero attached hydrogens (tertiary/aromatic N) is 1. The number of carbonyl (C=O) groups excluding carboxylic acids is 1. The highest BCUT2D eigenvalue weighted by molar-refractivity contribution is 7.90. The van der Waals surface area contributed by atoms with Crippen LogP contribution in [0.1, 0.15) is 21.8 Å². The molecule has 0 aliphatic rings. The maximum absolute atomic E-state index is 12.5. The molecule has 6 nitrogen and oxygen atoms in total. The molecular formula is C19H17ClN2O4S. The lowest BCUT2D eigenvalue weighted by Gasteiger charge is -2.08. The van der Waals surface area contributed by atoms with Crippen molar-refractivity contribution in [2.24, 2.45) is 0 Å². The zero-order valence-electron chi connectivity index (χ0n) is 14.9. The number of rotatable bonds is 4. The molecule has 0 saturated heterocycles. The summed E-state index contributed by atoms with van der Waals surface area (Å²) < 4.78 is 29.2. The molecule has 0 atom stereocenters. The number of sulfone groups is 1. The molecule has 0 saturated carbocycles. The largest absolute Gasteiger partial charge is 0.441 e. The van der Waals surface area contributed by atoms with Crippen LogP contribution in [0.25, 0.3) is 11.5 Å². The van der Waals surface area contributed by atoms with Crippen LogP contribution in [-0.4, -0.2) is 25.6 Å². The van der Waals surface area contributed by atoms with Crippen LogP contribution in [0.5, 0.6) is 0 Å². The van der Waals surface area contributed by atoms with Crippen LogP contribution >= 0.6 is 11.6 Å². The lowest BCUT2D eigenvalue weighted by atomic mass is 10.1. The number of oxazole rings is 1. The number of hydrogen-bond donors (Lipinski definition) is 1. The highest BCUT2D eigenvalue weighted by Gasteiger charge is 2.16. The van der Waals surface area contributed by atoms with Gasteiger partial charge in [-0.25, -0.2) is 13.4 Å². The third-order valence-electron chi connectivity index (χ3n) is 3.99. The molecule has 0 unspecified atom stereocenters. The van der Waals surface area contributed by atoms with Gasteiger partial charge in [-0.2, -0.15) is 0 Å². The van der Waals surface area contributed by atoms with Crippen LogP contribution < -0.4 is 5.32 Å². The molecule has 3 rings (SSSR count). The van der Waals surface area contributed by atoms with E-state index in [0.717, 1.165) is 23.3 Å². The minimum Gasteiger partial charge on any atom is -0.441 e. The number of carbonyl (C=O) groups is 1. The summed E-state index contributed by atoms with van der Waals surface area (Å²) in [6.45, 7) is 3.69. The Morgan fingerprint density at radius 3 is 2.52 bits per heavy atom. The Balaban J connectivity index is 1.88. The lowest BCUT2D eigenvalue weighted by Crippen LogP contribution is -2.13. The summed E-state index contributed by atoms with van der Waals surface area (Å²) in [6.07, 6.45) is 1.04. The minimum absolute atomic E-state index is 0.0747. The van der Waals surface area contributed by atoms with Crippen LogP contribution in [0.3, 0.4) is 0 Å². The van der Waals surface area contributed by atoms with E-state index in [1.54, 1.807) is 18.2 Å². The number of hydrogen-bond acceptors (Lipinski definition) is 5. The van der Waals surface area contributed by atoms with Gasteiger partial charge in [-0.05, 0) is 50.2 Å². The number of halogens is 1. The summed E-state index contributed by atoms with van der Waals surface area (Å²) in [5, 5.41) is 2.82. The van der Waals surface area contributed by atoms with E-state index in [1.807, 2.05) is 19.9 Å². The van der Waals surface area contributed by atoms with E-state index in [-0.39, 0.29) is 15.5 Å². The van der Waals surface area contributed by atoms with Crippen LogP contribution in [0.2, 0.25) is 5.02 Å². The van der Waals surface area contributed by atoms with Gasteiger partial charge in [0.25, 0.3) is 5.91 Å². The van der Waals surface area contributed by atoms with Gasteiger partial charge in [-0.15, -0.1) is 0 Å². The molecule has 0 aliphatic carbocycles. The smallest absolute Gasteiger partial charge is 0.255 e. The Morgan fingerprint density at radius 1 is 1.15 bits per heavy atom. The highest BCUT2D eigenvalue weighted by Crippen LogP contribution is 2.26. The molecule has 3 aromatic rings. The zero-order valence-corrected chi connectivity index (χ0v) is 16.5. The van der Waals surface area contributed by atoms with Crippen molar-refractivity contribution in [2.45, 2.75) is 18.7 Å². The van der Waals surface area contributed by atoms with E-state index in [0.29, 0.717) is 11.6 Å². The normalized spacial score (nSPS) is 11.4. The monoisotopic (exact) mass is 404 g/mol. The van der Waals surface area contributed by atoms with Crippen LogP contribution in [0.4, 0.5) is 5.69 Å². The molecule has 1 N–H and O–H groups in total. The van der Waals surface area contributed by atoms with Crippen molar-refractivity contribution in [1.82, 2.24) is 4.98 Å². The molecule has 0 radical (unpaired) electrons. The Morgan fingerprint density at radius 2 is 1.89 bits per heavy atom. The van der Waals surface area contributed by atoms with Crippen molar-refractivity contribution in [3.63, 3.8) is 0 Å². The molecule has 140 valence electrons. The van der Waals surface area contributed by atoms with Crippen molar-refractivity contribution in [1.29, 1.82) is 0 Å². The van der Waals surface area contributed by atoms with Gasteiger partial charge in [0.15, 0.2) is 9.84 Å². The third-order valence-corrected chi connectivity index (χ3v) is 5.57. The maximum Gasteiger partial charge on any atom is 0.255 e. The zero-order chi connectivity index (χ0) is 19.8. The van der Waals surface area contributed by atoms with Gasteiger partial charge in [0.1, 0.15) is 5.76 Å². The molecule has 2 aromatic carbocycles. The second-order valence-corrected chi connectivity index (χ2v) is 8.50.